The molecule has 24 heavy (non-hydrogen) atoms. The molecule has 0 amide bonds. The highest BCUT2D eigenvalue weighted by Gasteiger charge is 2.10. The Balaban J connectivity index is 1.85. The summed E-state index contributed by atoms with van der Waals surface area (Å²) in [6, 6.07) is 14.3. The molecule has 0 aliphatic carbocycles. The monoisotopic (exact) mass is 376 g/mol. The standard InChI is InChI=1S/C19H13BrN4/c1-11-2-4-17-18(6-11)24-19(23-17)12(9-21)7-13-10-22-16-5-3-14(20)8-15(13)16/h2-8,10,22H,1H3,(H,23,24). The maximum Gasteiger partial charge on any atom is 0.149 e. The highest BCUT2D eigenvalue weighted by atomic mass is 79.9. The van der Waals surface area contributed by atoms with Crippen LogP contribution in [0.5, 0.6) is 0 Å². The lowest BCUT2D eigenvalue weighted by atomic mass is 10.1. The van der Waals surface area contributed by atoms with E-state index >= 15 is 0 Å². The Morgan fingerprint density at radius 2 is 2.08 bits per heavy atom. The fourth-order valence-electron chi connectivity index (χ4n) is 2.79. The third kappa shape index (κ3) is 2.51. The van der Waals surface area contributed by atoms with E-state index in [-0.39, 0.29) is 0 Å². The number of aromatic nitrogens is 3. The number of fused-ring (bicyclic) bond motifs is 2. The molecule has 0 aliphatic heterocycles. The molecule has 2 aromatic carbocycles. The number of halogens is 1. The summed E-state index contributed by atoms with van der Waals surface area (Å²) in [5, 5.41) is 10.6. The summed E-state index contributed by atoms with van der Waals surface area (Å²) in [5.74, 6) is 0.586. The van der Waals surface area contributed by atoms with Crippen LogP contribution in [0.3, 0.4) is 0 Å². The van der Waals surface area contributed by atoms with E-state index in [0.717, 1.165) is 37.5 Å². The summed E-state index contributed by atoms with van der Waals surface area (Å²) in [6.07, 6.45) is 3.76. The molecular formula is C19H13BrN4. The number of hydrogen-bond acceptors (Lipinski definition) is 2. The smallest absolute Gasteiger partial charge is 0.149 e. The van der Waals surface area contributed by atoms with E-state index in [1.54, 1.807) is 0 Å². The lowest BCUT2D eigenvalue weighted by Gasteiger charge is -1.96. The molecule has 0 fully saturated rings. The second kappa shape index (κ2) is 5.66. The summed E-state index contributed by atoms with van der Waals surface area (Å²) in [4.78, 5) is 11.0. The second-order valence-corrected chi connectivity index (χ2v) is 6.63. The molecule has 4 rings (SSSR count). The first kappa shape index (κ1) is 14.7. The molecule has 0 radical (unpaired) electrons. The summed E-state index contributed by atoms with van der Waals surface area (Å²) >= 11 is 3.49. The number of rotatable bonds is 2. The molecule has 0 bridgehead atoms. The van der Waals surface area contributed by atoms with Crippen LogP contribution in [0.1, 0.15) is 17.0 Å². The number of aromatic amines is 2. The predicted octanol–water partition coefficient (Wildman–Crippen LogP) is 5.18. The van der Waals surface area contributed by atoms with Crippen molar-refractivity contribution in [3.8, 4) is 6.07 Å². The third-order valence-electron chi connectivity index (χ3n) is 3.99. The van der Waals surface area contributed by atoms with E-state index < -0.39 is 0 Å². The quantitative estimate of drug-likeness (QED) is 0.473. The largest absolute Gasteiger partial charge is 0.361 e. The van der Waals surface area contributed by atoms with Gasteiger partial charge in [0, 0.05) is 27.1 Å². The molecule has 0 unspecified atom stereocenters. The molecule has 0 atom stereocenters. The van der Waals surface area contributed by atoms with Gasteiger partial charge in [0.25, 0.3) is 0 Å². The summed E-state index contributed by atoms with van der Waals surface area (Å²) < 4.78 is 1.00. The molecule has 0 saturated heterocycles. The molecule has 4 aromatic rings. The van der Waals surface area contributed by atoms with Crippen molar-refractivity contribution in [3.63, 3.8) is 0 Å². The Bertz CT molecular complexity index is 1140. The van der Waals surface area contributed by atoms with Gasteiger partial charge in [-0.3, -0.25) is 0 Å². The van der Waals surface area contributed by atoms with Gasteiger partial charge in [0.2, 0.25) is 0 Å². The molecule has 0 saturated carbocycles. The van der Waals surface area contributed by atoms with Gasteiger partial charge in [-0.2, -0.15) is 5.26 Å². The molecule has 5 heteroatoms. The van der Waals surface area contributed by atoms with Crippen LogP contribution in [0.15, 0.2) is 47.1 Å². The van der Waals surface area contributed by atoms with Crippen molar-refractivity contribution in [2.75, 3.05) is 0 Å². The minimum Gasteiger partial charge on any atom is -0.361 e. The number of nitriles is 1. The number of hydrogen-bond donors (Lipinski definition) is 2. The topological polar surface area (TPSA) is 68.3 Å². The van der Waals surface area contributed by atoms with E-state index in [1.807, 2.05) is 55.6 Å². The van der Waals surface area contributed by atoms with Gasteiger partial charge in [-0.1, -0.05) is 22.0 Å². The fourth-order valence-corrected chi connectivity index (χ4v) is 3.16. The van der Waals surface area contributed by atoms with Crippen LogP contribution in [0, 0.1) is 18.3 Å². The summed E-state index contributed by atoms with van der Waals surface area (Å²) in [6.45, 7) is 2.03. The molecule has 2 heterocycles. The first-order valence-electron chi connectivity index (χ1n) is 7.49. The van der Waals surface area contributed by atoms with E-state index in [9.17, 15) is 5.26 Å². The van der Waals surface area contributed by atoms with Crippen molar-refractivity contribution in [2.24, 2.45) is 0 Å². The van der Waals surface area contributed by atoms with Crippen molar-refractivity contribution in [3.05, 3.63) is 64.0 Å². The van der Waals surface area contributed by atoms with Gasteiger partial charge in [0.15, 0.2) is 0 Å². The number of allylic oxidation sites excluding steroid dienone is 1. The normalized spacial score (nSPS) is 12.0. The number of aryl methyl sites for hydroxylation is 1. The summed E-state index contributed by atoms with van der Waals surface area (Å²) in [7, 11) is 0. The Kier molecular flexibility index (Phi) is 3.47. The van der Waals surface area contributed by atoms with Gasteiger partial charge in [-0.05, 0) is 48.9 Å². The van der Waals surface area contributed by atoms with E-state index in [1.165, 1.54) is 0 Å². The second-order valence-electron chi connectivity index (χ2n) is 5.71. The van der Waals surface area contributed by atoms with Gasteiger partial charge in [0.05, 0.1) is 16.6 Å². The zero-order valence-corrected chi connectivity index (χ0v) is 14.5. The number of benzene rings is 2. The average Bonchev–Trinajstić information content (AvgIpc) is 3.15. The number of imidazole rings is 1. The molecule has 4 nitrogen and oxygen atoms in total. The summed E-state index contributed by atoms with van der Waals surface area (Å²) in [5.41, 5.74) is 5.44. The van der Waals surface area contributed by atoms with E-state index in [0.29, 0.717) is 11.4 Å². The Morgan fingerprint density at radius 3 is 2.92 bits per heavy atom. The Morgan fingerprint density at radius 1 is 1.21 bits per heavy atom. The van der Waals surface area contributed by atoms with Gasteiger partial charge in [0.1, 0.15) is 11.9 Å². The highest BCUT2D eigenvalue weighted by Crippen LogP contribution is 2.26. The molecule has 2 N–H and O–H groups in total. The molecule has 0 spiro atoms. The maximum absolute atomic E-state index is 9.59. The van der Waals surface area contributed by atoms with Crippen LogP contribution in [0.25, 0.3) is 33.6 Å². The lowest BCUT2D eigenvalue weighted by molar-refractivity contribution is 1.27. The fraction of sp³-hybridized carbons (Fsp3) is 0.0526. The Labute approximate surface area is 147 Å². The van der Waals surface area contributed by atoms with Crippen LogP contribution in [-0.4, -0.2) is 15.0 Å². The molecule has 116 valence electrons. The van der Waals surface area contributed by atoms with Gasteiger partial charge >= 0.3 is 0 Å². The zero-order valence-electron chi connectivity index (χ0n) is 12.9. The Hall–Kier alpha value is -2.84. The van der Waals surface area contributed by atoms with Crippen LogP contribution >= 0.6 is 15.9 Å². The van der Waals surface area contributed by atoms with Crippen LogP contribution in [0.2, 0.25) is 0 Å². The van der Waals surface area contributed by atoms with E-state index in [4.69, 9.17) is 0 Å². The third-order valence-corrected chi connectivity index (χ3v) is 4.48. The lowest BCUT2D eigenvalue weighted by Crippen LogP contribution is -1.84. The maximum atomic E-state index is 9.59. The highest BCUT2D eigenvalue weighted by molar-refractivity contribution is 9.10. The molecule has 0 aliphatic rings. The first-order valence-corrected chi connectivity index (χ1v) is 8.28. The van der Waals surface area contributed by atoms with Gasteiger partial charge in [-0.25, -0.2) is 4.98 Å². The van der Waals surface area contributed by atoms with Crippen molar-refractivity contribution < 1.29 is 0 Å². The molecular weight excluding hydrogens is 364 g/mol. The SMILES string of the molecule is Cc1ccc2nc(C(C#N)=Cc3c[nH]c4ccc(Br)cc34)[nH]c2c1. The first-order chi connectivity index (χ1) is 11.6. The van der Waals surface area contributed by atoms with Crippen LogP contribution in [0.4, 0.5) is 0 Å². The minimum atomic E-state index is 0.504. The number of nitrogens with one attached hydrogen (secondary N) is 2. The van der Waals surface area contributed by atoms with E-state index in [2.05, 4.69) is 37.0 Å². The van der Waals surface area contributed by atoms with Crippen molar-refractivity contribution in [1.82, 2.24) is 15.0 Å². The predicted molar refractivity (Wildman–Crippen MR) is 100 cm³/mol. The van der Waals surface area contributed by atoms with Crippen molar-refractivity contribution in [2.45, 2.75) is 6.92 Å². The minimum absolute atomic E-state index is 0.504. The number of nitrogens with zero attached hydrogens (tertiary/aromatic N) is 2. The number of H-pyrrole nitrogens is 2. The van der Waals surface area contributed by atoms with Crippen molar-refractivity contribution in [1.29, 1.82) is 5.26 Å². The average molecular weight is 377 g/mol. The molecule has 2 aromatic heterocycles. The van der Waals surface area contributed by atoms with Gasteiger partial charge in [-0.15, -0.1) is 0 Å². The van der Waals surface area contributed by atoms with Gasteiger partial charge < -0.3 is 9.97 Å². The zero-order chi connectivity index (χ0) is 16.7. The van der Waals surface area contributed by atoms with Crippen LogP contribution < -0.4 is 0 Å². The van der Waals surface area contributed by atoms with Crippen molar-refractivity contribution >= 4 is 49.5 Å². The van der Waals surface area contributed by atoms with Crippen LogP contribution in [-0.2, 0) is 0 Å².